The lowest BCUT2D eigenvalue weighted by Crippen LogP contribution is -2.23. The number of benzene rings is 1. The fourth-order valence-corrected chi connectivity index (χ4v) is 3.12. The third-order valence-corrected chi connectivity index (χ3v) is 4.39. The van der Waals surface area contributed by atoms with Crippen LogP contribution in [-0.2, 0) is 0 Å². The van der Waals surface area contributed by atoms with Gasteiger partial charge in [-0.15, -0.1) is 0 Å². The molecule has 0 amide bonds. The highest BCUT2D eigenvalue weighted by Crippen LogP contribution is 2.39. The predicted octanol–water partition coefficient (Wildman–Crippen LogP) is 4.50. The van der Waals surface area contributed by atoms with Crippen LogP contribution in [0.1, 0.15) is 49.9 Å². The fourth-order valence-electron chi connectivity index (χ4n) is 2.58. The van der Waals surface area contributed by atoms with E-state index < -0.39 is 5.97 Å². The van der Waals surface area contributed by atoms with E-state index in [1.54, 1.807) is 6.07 Å². The summed E-state index contributed by atoms with van der Waals surface area (Å²) in [6.07, 6.45) is 4.56. The molecule has 0 saturated heterocycles. The summed E-state index contributed by atoms with van der Waals surface area (Å²) in [5.74, 6) is 0.882. The number of carboxylic acid groups (broad SMARTS) is 1. The Balaban J connectivity index is 2.22. The van der Waals surface area contributed by atoms with Crippen molar-refractivity contribution in [3.05, 3.63) is 22.2 Å². The molecule has 0 heterocycles. The fraction of sp³-hybridized carbons (Fsp3) is 0.562. The molecular formula is C16H21BrO4. The molecule has 1 fully saturated rings. The summed E-state index contributed by atoms with van der Waals surface area (Å²) in [4.78, 5) is 11.1. The first-order valence-electron chi connectivity index (χ1n) is 7.37. The first-order chi connectivity index (χ1) is 10.0. The van der Waals surface area contributed by atoms with Crippen LogP contribution in [0.25, 0.3) is 0 Å². The van der Waals surface area contributed by atoms with Gasteiger partial charge in [-0.25, -0.2) is 4.79 Å². The molecule has 1 aliphatic rings. The normalized spacial score (nSPS) is 21.9. The van der Waals surface area contributed by atoms with Crippen LogP contribution in [0.2, 0.25) is 0 Å². The number of carboxylic acids is 1. The van der Waals surface area contributed by atoms with Crippen LogP contribution in [0.5, 0.6) is 11.5 Å². The minimum Gasteiger partial charge on any atom is -0.490 e. The lowest BCUT2D eigenvalue weighted by atomic mass is 9.89. The number of aromatic carboxylic acids is 1. The van der Waals surface area contributed by atoms with Crippen molar-refractivity contribution in [2.24, 2.45) is 5.92 Å². The summed E-state index contributed by atoms with van der Waals surface area (Å²) in [6.45, 7) is 4.60. The van der Waals surface area contributed by atoms with Gasteiger partial charge in [-0.05, 0) is 66.6 Å². The van der Waals surface area contributed by atoms with Crippen molar-refractivity contribution in [1.82, 2.24) is 0 Å². The zero-order valence-electron chi connectivity index (χ0n) is 12.4. The van der Waals surface area contributed by atoms with Gasteiger partial charge in [0.25, 0.3) is 0 Å². The van der Waals surface area contributed by atoms with Gasteiger partial charge in [0, 0.05) is 0 Å². The number of hydrogen-bond donors (Lipinski definition) is 1. The molecule has 5 heteroatoms. The van der Waals surface area contributed by atoms with Crippen molar-refractivity contribution >= 4 is 21.9 Å². The van der Waals surface area contributed by atoms with Gasteiger partial charge in [0.2, 0.25) is 0 Å². The van der Waals surface area contributed by atoms with E-state index in [0.29, 0.717) is 22.6 Å². The van der Waals surface area contributed by atoms with E-state index in [-0.39, 0.29) is 11.7 Å². The molecule has 0 aromatic heterocycles. The monoisotopic (exact) mass is 356 g/mol. The molecule has 1 saturated carbocycles. The first-order valence-corrected chi connectivity index (χ1v) is 8.16. The maximum Gasteiger partial charge on any atom is 0.335 e. The van der Waals surface area contributed by atoms with Crippen molar-refractivity contribution in [3.63, 3.8) is 0 Å². The third-order valence-electron chi connectivity index (χ3n) is 3.80. The largest absolute Gasteiger partial charge is 0.490 e. The lowest BCUT2D eigenvalue weighted by Gasteiger charge is -2.28. The molecule has 0 atom stereocenters. The van der Waals surface area contributed by atoms with Crippen molar-refractivity contribution in [2.45, 2.75) is 45.6 Å². The number of halogens is 1. The van der Waals surface area contributed by atoms with Gasteiger partial charge >= 0.3 is 5.97 Å². The smallest absolute Gasteiger partial charge is 0.335 e. The molecule has 0 bridgehead atoms. The van der Waals surface area contributed by atoms with E-state index in [0.717, 1.165) is 18.8 Å². The Morgan fingerprint density at radius 3 is 2.57 bits per heavy atom. The average molecular weight is 357 g/mol. The topological polar surface area (TPSA) is 55.8 Å². The molecule has 0 radical (unpaired) electrons. The zero-order valence-corrected chi connectivity index (χ0v) is 14.0. The summed E-state index contributed by atoms with van der Waals surface area (Å²) < 4.78 is 12.3. The zero-order chi connectivity index (χ0) is 15.4. The molecule has 1 aliphatic carbocycles. The van der Waals surface area contributed by atoms with E-state index in [1.165, 1.54) is 18.9 Å². The molecule has 1 aromatic rings. The quantitative estimate of drug-likeness (QED) is 0.843. The van der Waals surface area contributed by atoms with E-state index in [4.69, 9.17) is 14.6 Å². The summed E-state index contributed by atoms with van der Waals surface area (Å²) >= 11 is 3.41. The van der Waals surface area contributed by atoms with Gasteiger partial charge in [-0.3, -0.25) is 0 Å². The van der Waals surface area contributed by atoms with Gasteiger partial charge in [-0.2, -0.15) is 0 Å². The molecule has 0 aliphatic heterocycles. The predicted molar refractivity (Wildman–Crippen MR) is 84.3 cm³/mol. The molecule has 4 nitrogen and oxygen atoms in total. The Morgan fingerprint density at radius 1 is 1.33 bits per heavy atom. The SMILES string of the molecule is CCOc1cc(C(=O)O)cc(Br)c1OC1CCC(C)CC1. The van der Waals surface area contributed by atoms with Crippen LogP contribution < -0.4 is 9.47 Å². The number of hydrogen-bond acceptors (Lipinski definition) is 3. The maximum atomic E-state index is 11.1. The van der Waals surface area contributed by atoms with Crippen molar-refractivity contribution in [2.75, 3.05) is 6.61 Å². The minimum atomic E-state index is -0.977. The second-order valence-electron chi connectivity index (χ2n) is 5.52. The van der Waals surface area contributed by atoms with E-state index in [1.807, 2.05) is 6.92 Å². The van der Waals surface area contributed by atoms with Gasteiger partial charge in [0.05, 0.1) is 22.7 Å². The molecule has 2 rings (SSSR count). The van der Waals surface area contributed by atoms with Crippen molar-refractivity contribution < 1.29 is 19.4 Å². The van der Waals surface area contributed by atoms with Gasteiger partial charge in [0.1, 0.15) is 0 Å². The van der Waals surface area contributed by atoms with E-state index in [9.17, 15) is 4.79 Å². The molecule has 0 unspecified atom stereocenters. The van der Waals surface area contributed by atoms with Crippen LogP contribution in [0, 0.1) is 5.92 Å². The minimum absolute atomic E-state index is 0.174. The molecule has 21 heavy (non-hydrogen) atoms. The highest BCUT2D eigenvalue weighted by atomic mass is 79.9. The standard InChI is InChI=1S/C16H21BrO4/c1-3-20-14-9-11(16(18)19)8-13(17)15(14)21-12-6-4-10(2)5-7-12/h8-10,12H,3-7H2,1-2H3,(H,18,19). The molecule has 0 spiro atoms. The first kappa shape index (κ1) is 16.1. The highest BCUT2D eigenvalue weighted by molar-refractivity contribution is 9.10. The molecule has 1 aromatic carbocycles. The van der Waals surface area contributed by atoms with Crippen LogP contribution >= 0.6 is 15.9 Å². The second kappa shape index (κ2) is 7.16. The number of carbonyl (C=O) groups is 1. The lowest BCUT2D eigenvalue weighted by molar-refractivity contribution is 0.0696. The summed E-state index contributed by atoms with van der Waals surface area (Å²) in [7, 11) is 0. The summed E-state index contributed by atoms with van der Waals surface area (Å²) in [6, 6.07) is 3.09. The Kier molecular flexibility index (Phi) is 5.51. The number of rotatable bonds is 5. The van der Waals surface area contributed by atoms with Gasteiger partial charge < -0.3 is 14.6 Å². The maximum absolute atomic E-state index is 11.1. The molecular weight excluding hydrogens is 336 g/mol. The molecule has 1 N–H and O–H groups in total. The Hall–Kier alpha value is -1.23. The Bertz CT molecular complexity index is 507. The van der Waals surface area contributed by atoms with Crippen molar-refractivity contribution in [1.29, 1.82) is 0 Å². The van der Waals surface area contributed by atoms with Gasteiger partial charge in [-0.1, -0.05) is 6.92 Å². The molecule has 116 valence electrons. The van der Waals surface area contributed by atoms with Crippen LogP contribution in [-0.4, -0.2) is 23.8 Å². The average Bonchev–Trinajstić information content (AvgIpc) is 2.44. The highest BCUT2D eigenvalue weighted by Gasteiger charge is 2.23. The van der Waals surface area contributed by atoms with Crippen LogP contribution in [0.15, 0.2) is 16.6 Å². The number of ether oxygens (including phenoxy) is 2. The van der Waals surface area contributed by atoms with Crippen LogP contribution in [0.3, 0.4) is 0 Å². The third kappa shape index (κ3) is 4.13. The van der Waals surface area contributed by atoms with Crippen LogP contribution in [0.4, 0.5) is 0 Å². The van der Waals surface area contributed by atoms with E-state index in [2.05, 4.69) is 22.9 Å². The Morgan fingerprint density at radius 2 is 2.00 bits per heavy atom. The summed E-state index contributed by atoms with van der Waals surface area (Å²) in [5, 5.41) is 9.13. The van der Waals surface area contributed by atoms with Crippen molar-refractivity contribution in [3.8, 4) is 11.5 Å². The van der Waals surface area contributed by atoms with E-state index >= 15 is 0 Å². The second-order valence-corrected chi connectivity index (χ2v) is 6.38. The summed E-state index contributed by atoms with van der Waals surface area (Å²) in [5.41, 5.74) is 0.190. The van der Waals surface area contributed by atoms with Gasteiger partial charge in [0.15, 0.2) is 11.5 Å². The Labute approximate surface area is 133 Å².